The zero-order valence-corrected chi connectivity index (χ0v) is 15.7. The Kier molecular flexibility index (Phi) is 8.50. The largest absolute Gasteiger partial charge is 0.453 e. The molecule has 1 saturated heterocycles. The van der Waals surface area contributed by atoms with Gasteiger partial charge in [-0.1, -0.05) is 19.3 Å². The van der Waals surface area contributed by atoms with Crippen LogP contribution in [0.3, 0.4) is 0 Å². The van der Waals surface area contributed by atoms with Crippen LogP contribution < -0.4 is 16.0 Å². The lowest BCUT2D eigenvalue weighted by Gasteiger charge is -2.31. The number of nitrogens with one attached hydrogen (secondary N) is 3. The molecule has 2 rings (SSSR count). The lowest BCUT2D eigenvalue weighted by Crippen LogP contribution is -2.46. The summed E-state index contributed by atoms with van der Waals surface area (Å²) >= 11 is 0. The molecule has 1 aliphatic heterocycles. The highest BCUT2D eigenvalue weighted by molar-refractivity contribution is 5.76. The third kappa shape index (κ3) is 7.09. The number of nitrogens with zero attached hydrogens (tertiary/aromatic N) is 1. The fourth-order valence-electron chi connectivity index (χ4n) is 3.57. The van der Waals surface area contributed by atoms with E-state index >= 15 is 0 Å². The Morgan fingerprint density at radius 3 is 2.27 bits per heavy atom. The molecular formula is C18H32N4O4. The first-order chi connectivity index (χ1) is 12.6. The molecule has 2 fully saturated rings. The number of methoxy groups -OCH3 is 1. The number of urea groups is 1. The van der Waals surface area contributed by atoms with Crippen LogP contribution in [0.25, 0.3) is 0 Å². The van der Waals surface area contributed by atoms with Crippen LogP contribution in [0.2, 0.25) is 0 Å². The molecule has 8 nitrogen and oxygen atoms in total. The molecular weight excluding hydrogens is 336 g/mol. The van der Waals surface area contributed by atoms with Gasteiger partial charge in [-0.2, -0.15) is 0 Å². The van der Waals surface area contributed by atoms with Crippen molar-refractivity contribution >= 4 is 18.0 Å². The maximum Gasteiger partial charge on any atom is 0.409 e. The summed E-state index contributed by atoms with van der Waals surface area (Å²) in [5.74, 6) is -0.00370. The molecule has 1 heterocycles. The normalized spacial score (nSPS) is 18.9. The number of carbonyl (C=O) groups is 3. The molecule has 0 atom stereocenters. The quantitative estimate of drug-likeness (QED) is 0.622. The van der Waals surface area contributed by atoms with Crippen molar-refractivity contribution in [3.8, 4) is 0 Å². The van der Waals surface area contributed by atoms with E-state index in [-0.39, 0.29) is 24.1 Å². The van der Waals surface area contributed by atoms with Crippen LogP contribution in [0, 0.1) is 0 Å². The first-order valence-corrected chi connectivity index (χ1v) is 9.75. The van der Waals surface area contributed by atoms with Crippen LogP contribution in [-0.2, 0) is 9.53 Å². The van der Waals surface area contributed by atoms with E-state index in [1.165, 1.54) is 26.4 Å². The maximum atomic E-state index is 12.0. The highest BCUT2D eigenvalue weighted by Gasteiger charge is 2.24. The van der Waals surface area contributed by atoms with E-state index in [0.717, 1.165) is 25.7 Å². The molecule has 1 aliphatic carbocycles. The van der Waals surface area contributed by atoms with E-state index in [0.29, 0.717) is 38.5 Å². The third-order valence-electron chi connectivity index (χ3n) is 5.10. The Balaban J connectivity index is 1.51. The van der Waals surface area contributed by atoms with Crippen molar-refractivity contribution in [3.63, 3.8) is 0 Å². The van der Waals surface area contributed by atoms with Crippen molar-refractivity contribution in [2.24, 2.45) is 0 Å². The third-order valence-corrected chi connectivity index (χ3v) is 5.10. The average Bonchev–Trinajstić information content (AvgIpc) is 2.66. The summed E-state index contributed by atoms with van der Waals surface area (Å²) in [6, 6.07) is 0.265. The average molecular weight is 368 g/mol. The number of ether oxygens (including phenoxy) is 1. The lowest BCUT2D eigenvalue weighted by atomic mass is 9.96. The monoisotopic (exact) mass is 368 g/mol. The summed E-state index contributed by atoms with van der Waals surface area (Å²) in [6.07, 6.45) is 7.92. The van der Waals surface area contributed by atoms with Gasteiger partial charge in [0.1, 0.15) is 0 Å². The Morgan fingerprint density at radius 2 is 1.62 bits per heavy atom. The second kappa shape index (κ2) is 10.9. The minimum absolute atomic E-state index is 0.00370. The van der Waals surface area contributed by atoms with Gasteiger partial charge >= 0.3 is 12.1 Å². The maximum absolute atomic E-state index is 12.0. The van der Waals surface area contributed by atoms with Crippen LogP contribution in [-0.4, -0.2) is 61.8 Å². The molecule has 3 N–H and O–H groups in total. The summed E-state index contributed by atoms with van der Waals surface area (Å²) in [6.45, 7) is 1.69. The minimum atomic E-state index is -0.313. The second-order valence-corrected chi connectivity index (χ2v) is 7.14. The number of piperidine rings is 1. The molecule has 0 radical (unpaired) electrons. The van der Waals surface area contributed by atoms with Gasteiger partial charge < -0.3 is 25.6 Å². The molecule has 8 heteroatoms. The molecule has 26 heavy (non-hydrogen) atoms. The topological polar surface area (TPSA) is 99.8 Å². The highest BCUT2D eigenvalue weighted by atomic mass is 16.5. The number of rotatable bonds is 6. The van der Waals surface area contributed by atoms with Gasteiger partial charge in [0.05, 0.1) is 7.11 Å². The van der Waals surface area contributed by atoms with Crippen molar-refractivity contribution in [3.05, 3.63) is 0 Å². The summed E-state index contributed by atoms with van der Waals surface area (Å²) < 4.78 is 4.70. The zero-order chi connectivity index (χ0) is 18.8. The second-order valence-electron chi connectivity index (χ2n) is 7.14. The number of hydrogen-bond acceptors (Lipinski definition) is 4. The molecule has 148 valence electrons. The Bertz CT molecular complexity index is 472. The molecule has 0 aromatic carbocycles. The van der Waals surface area contributed by atoms with E-state index in [1.807, 2.05) is 0 Å². The van der Waals surface area contributed by atoms with Gasteiger partial charge in [0.15, 0.2) is 0 Å². The molecule has 0 aromatic rings. The van der Waals surface area contributed by atoms with E-state index in [2.05, 4.69) is 16.0 Å². The van der Waals surface area contributed by atoms with Gasteiger partial charge in [-0.3, -0.25) is 4.79 Å². The predicted octanol–water partition coefficient (Wildman–Crippen LogP) is 1.75. The molecule has 1 saturated carbocycles. The van der Waals surface area contributed by atoms with E-state index < -0.39 is 0 Å². The Morgan fingerprint density at radius 1 is 0.962 bits per heavy atom. The predicted molar refractivity (Wildman–Crippen MR) is 97.8 cm³/mol. The molecule has 0 aromatic heterocycles. The SMILES string of the molecule is COC(=O)N1CCC(NC(=O)CCCNC(=O)NC2CCCCC2)CC1. The van der Waals surface area contributed by atoms with Crippen LogP contribution in [0.15, 0.2) is 0 Å². The number of carbonyl (C=O) groups excluding carboxylic acids is 3. The summed E-state index contributed by atoms with van der Waals surface area (Å²) in [7, 11) is 1.37. The van der Waals surface area contributed by atoms with Gasteiger partial charge in [0, 0.05) is 38.1 Å². The molecule has 2 aliphatic rings. The molecule has 0 unspecified atom stereocenters. The standard InChI is InChI=1S/C18H32N4O4/c1-26-18(25)22-12-9-15(10-13-22)20-16(23)8-5-11-19-17(24)21-14-6-3-2-4-7-14/h14-15H,2-13H2,1H3,(H,20,23)(H2,19,21,24). The molecule has 0 bridgehead atoms. The van der Waals surface area contributed by atoms with E-state index in [4.69, 9.17) is 4.74 Å². The lowest BCUT2D eigenvalue weighted by molar-refractivity contribution is -0.122. The summed E-state index contributed by atoms with van der Waals surface area (Å²) in [5, 5.41) is 8.83. The van der Waals surface area contributed by atoms with E-state index in [1.54, 1.807) is 4.90 Å². The summed E-state index contributed by atoms with van der Waals surface area (Å²) in [5.41, 5.74) is 0. The number of amides is 4. The van der Waals surface area contributed by atoms with Crippen LogP contribution >= 0.6 is 0 Å². The van der Waals surface area contributed by atoms with Crippen LogP contribution in [0.5, 0.6) is 0 Å². The van der Waals surface area contributed by atoms with Gasteiger partial charge in [-0.05, 0) is 32.1 Å². The van der Waals surface area contributed by atoms with Gasteiger partial charge in [-0.15, -0.1) is 0 Å². The van der Waals surface area contributed by atoms with Crippen molar-refractivity contribution in [1.29, 1.82) is 0 Å². The first kappa shape index (κ1) is 20.3. The fourth-order valence-corrected chi connectivity index (χ4v) is 3.57. The van der Waals surface area contributed by atoms with Crippen LogP contribution in [0.1, 0.15) is 57.8 Å². The zero-order valence-electron chi connectivity index (χ0n) is 15.7. The van der Waals surface area contributed by atoms with Gasteiger partial charge in [0.2, 0.25) is 5.91 Å². The number of hydrogen-bond donors (Lipinski definition) is 3. The number of likely N-dealkylation sites (tertiary alicyclic amines) is 1. The Labute approximate surface area is 155 Å². The van der Waals surface area contributed by atoms with Crippen molar-refractivity contribution in [1.82, 2.24) is 20.9 Å². The van der Waals surface area contributed by atoms with Crippen LogP contribution in [0.4, 0.5) is 9.59 Å². The van der Waals surface area contributed by atoms with Gasteiger partial charge in [-0.25, -0.2) is 9.59 Å². The Hall–Kier alpha value is -1.99. The molecule has 4 amide bonds. The van der Waals surface area contributed by atoms with Crippen molar-refractivity contribution in [2.75, 3.05) is 26.7 Å². The fraction of sp³-hybridized carbons (Fsp3) is 0.833. The highest BCUT2D eigenvalue weighted by Crippen LogP contribution is 2.17. The van der Waals surface area contributed by atoms with Gasteiger partial charge in [0.25, 0.3) is 0 Å². The summed E-state index contributed by atoms with van der Waals surface area (Å²) in [4.78, 5) is 36.9. The first-order valence-electron chi connectivity index (χ1n) is 9.75. The van der Waals surface area contributed by atoms with Crippen molar-refractivity contribution in [2.45, 2.75) is 69.9 Å². The van der Waals surface area contributed by atoms with Crippen molar-refractivity contribution < 1.29 is 19.1 Å². The molecule has 0 spiro atoms. The minimum Gasteiger partial charge on any atom is -0.453 e. The smallest absolute Gasteiger partial charge is 0.409 e. The van der Waals surface area contributed by atoms with E-state index in [9.17, 15) is 14.4 Å².